The molecule has 0 spiro atoms. The van der Waals surface area contributed by atoms with E-state index in [-0.39, 0.29) is 18.4 Å². The molecule has 0 radical (unpaired) electrons. The number of benzene rings is 1. The van der Waals surface area contributed by atoms with Gasteiger partial charge in [0.2, 0.25) is 0 Å². The highest BCUT2D eigenvalue weighted by molar-refractivity contribution is 9.13. The lowest BCUT2D eigenvalue weighted by Gasteiger charge is -2.19. The maximum absolute atomic E-state index is 9.78. The van der Waals surface area contributed by atoms with Crippen molar-refractivity contribution in [1.82, 2.24) is 0 Å². The zero-order valence-corrected chi connectivity index (χ0v) is 13.0. The molecular formula is C11H16Br2ClNO. The quantitative estimate of drug-likeness (QED) is 0.843. The number of nitrogens with two attached hydrogens (primary N) is 1. The summed E-state index contributed by atoms with van der Waals surface area (Å²) in [6.45, 7) is 2.04. The Morgan fingerprint density at radius 3 is 2.44 bits per heavy atom. The number of rotatable bonds is 4. The molecule has 16 heavy (non-hydrogen) atoms. The van der Waals surface area contributed by atoms with Crippen LogP contribution in [0.15, 0.2) is 27.1 Å². The molecule has 5 heteroatoms. The second-order valence-corrected chi connectivity index (χ2v) is 5.26. The van der Waals surface area contributed by atoms with E-state index in [4.69, 9.17) is 5.73 Å². The van der Waals surface area contributed by atoms with Gasteiger partial charge in [-0.15, -0.1) is 12.4 Å². The Hall–Kier alpha value is 0.390. The average Bonchev–Trinajstić information content (AvgIpc) is 2.21. The van der Waals surface area contributed by atoms with Crippen LogP contribution in [-0.4, -0.2) is 11.2 Å². The van der Waals surface area contributed by atoms with Crippen molar-refractivity contribution in [1.29, 1.82) is 0 Å². The summed E-state index contributed by atoms with van der Waals surface area (Å²) in [6, 6.07) is 5.48. The van der Waals surface area contributed by atoms with Gasteiger partial charge < -0.3 is 10.8 Å². The average molecular weight is 374 g/mol. The van der Waals surface area contributed by atoms with Crippen LogP contribution in [0.4, 0.5) is 0 Å². The molecule has 0 saturated heterocycles. The number of hydrogen-bond acceptors (Lipinski definition) is 2. The van der Waals surface area contributed by atoms with E-state index in [0.717, 1.165) is 27.4 Å². The summed E-state index contributed by atoms with van der Waals surface area (Å²) in [5.74, 6) is 0. The van der Waals surface area contributed by atoms with Crippen molar-refractivity contribution in [2.24, 2.45) is 5.73 Å². The van der Waals surface area contributed by atoms with E-state index in [0.29, 0.717) is 0 Å². The molecule has 1 aromatic rings. The van der Waals surface area contributed by atoms with E-state index in [1.54, 1.807) is 0 Å². The van der Waals surface area contributed by atoms with Crippen LogP contribution >= 0.6 is 44.3 Å². The largest absolute Gasteiger partial charge is 0.391 e. The normalized spacial score (nSPS) is 14.1. The Morgan fingerprint density at radius 2 is 1.94 bits per heavy atom. The van der Waals surface area contributed by atoms with Crippen LogP contribution in [0.3, 0.4) is 0 Å². The van der Waals surface area contributed by atoms with Crippen LogP contribution in [0.2, 0.25) is 0 Å². The number of hydrogen-bond donors (Lipinski definition) is 2. The van der Waals surface area contributed by atoms with E-state index in [1.807, 2.05) is 25.1 Å². The molecular weight excluding hydrogens is 357 g/mol. The van der Waals surface area contributed by atoms with E-state index in [9.17, 15) is 5.11 Å². The molecule has 0 aliphatic heterocycles. The van der Waals surface area contributed by atoms with Crippen molar-refractivity contribution >= 4 is 44.3 Å². The van der Waals surface area contributed by atoms with Gasteiger partial charge in [-0.3, -0.25) is 0 Å². The third-order valence-corrected chi connectivity index (χ3v) is 4.21. The fraction of sp³-hybridized carbons (Fsp3) is 0.455. The smallest absolute Gasteiger partial charge is 0.0732 e. The van der Waals surface area contributed by atoms with Gasteiger partial charge >= 0.3 is 0 Å². The van der Waals surface area contributed by atoms with Gasteiger partial charge in [0.1, 0.15) is 0 Å². The molecule has 0 heterocycles. The SMILES string of the molecule is CCC[C@@H](O)[C@@H](N)c1ccc(Br)c(Br)c1.Cl. The number of aliphatic hydroxyl groups excluding tert-OH is 1. The molecule has 0 aromatic heterocycles. The summed E-state index contributed by atoms with van der Waals surface area (Å²) in [7, 11) is 0. The first-order valence-corrected chi connectivity index (χ1v) is 6.53. The zero-order valence-electron chi connectivity index (χ0n) is 8.99. The minimum atomic E-state index is -0.469. The van der Waals surface area contributed by atoms with Crippen LogP contribution in [0, 0.1) is 0 Å². The molecule has 0 amide bonds. The third-order valence-electron chi connectivity index (χ3n) is 2.33. The Balaban J connectivity index is 0.00000225. The van der Waals surface area contributed by atoms with Gasteiger partial charge in [0, 0.05) is 8.95 Å². The second kappa shape index (κ2) is 7.67. The van der Waals surface area contributed by atoms with Crippen LogP contribution in [0.25, 0.3) is 0 Å². The topological polar surface area (TPSA) is 46.2 Å². The standard InChI is InChI=1S/C11H15Br2NO.ClH/c1-2-3-10(15)11(14)7-4-5-8(12)9(13)6-7;/h4-6,10-11,15H,2-3,14H2,1H3;1H/t10-,11+;/m1./s1. The highest BCUT2D eigenvalue weighted by Gasteiger charge is 2.16. The van der Waals surface area contributed by atoms with Crippen LogP contribution in [0.1, 0.15) is 31.4 Å². The molecule has 0 fully saturated rings. The van der Waals surface area contributed by atoms with E-state index in [1.165, 1.54) is 0 Å². The van der Waals surface area contributed by atoms with E-state index < -0.39 is 6.10 Å². The molecule has 0 saturated carbocycles. The van der Waals surface area contributed by atoms with Gasteiger partial charge in [-0.1, -0.05) is 19.4 Å². The van der Waals surface area contributed by atoms with Gasteiger partial charge in [-0.2, -0.15) is 0 Å². The van der Waals surface area contributed by atoms with Crippen molar-refractivity contribution in [2.75, 3.05) is 0 Å². The zero-order chi connectivity index (χ0) is 11.4. The maximum atomic E-state index is 9.78. The summed E-state index contributed by atoms with van der Waals surface area (Å²) in [4.78, 5) is 0. The molecule has 0 aliphatic rings. The fourth-order valence-electron chi connectivity index (χ4n) is 1.42. The number of aliphatic hydroxyl groups is 1. The highest BCUT2D eigenvalue weighted by Crippen LogP contribution is 2.27. The van der Waals surface area contributed by atoms with Gasteiger partial charge in [-0.25, -0.2) is 0 Å². The van der Waals surface area contributed by atoms with Crippen LogP contribution in [0.5, 0.6) is 0 Å². The molecule has 92 valence electrons. The molecule has 2 nitrogen and oxygen atoms in total. The lowest BCUT2D eigenvalue weighted by atomic mass is 9.99. The third kappa shape index (κ3) is 4.34. The lowest BCUT2D eigenvalue weighted by Crippen LogP contribution is -2.25. The minimum Gasteiger partial charge on any atom is -0.391 e. The summed E-state index contributed by atoms with van der Waals surface area (Å²) < 4.78 is 1.95. The van der Waals surface area contributed by atoms with Gasteiger partial charge in [0.05, 0.1) is 12.1 Å². The lowest BCUT2D eigenvalue weighted by molar-refractivity contribution is 0.134. The molecule has 0 unspecified atom stereocenters. The Labute approximate surface area is 119 Å². The monoisotopic (exact) mass is 371 g/mol. The van der Waals surface area contributed by atoms with Crippen molar-refractivity contribution in [3.8, 4) is 0 Å². The van der Waals surface area contributed by atoms with E-state index in [2.05, 4.69) is 31.9 Å². The minimum absolute atomic E-state index is 0. The van der Waals surface area contributed by atoms with Crippen molar-refractivity contribution in [2.45, 2.75) is 31.9 Å². The molecule has 0 bridgehead atoms. The van der Waals surface area contributed by atoms with Gasteiger partial charge in [0.25, 0.3) is 0 Å². The van der Waals surface area contributed by atoms with Crippen LogP contribution < -0.4 is 5.73 Å². The predicted molar refractivity (Wildman–Crippen MR) is 76.9 cm³/mol. The molecule has 2 atom stereocenters. The van der Waals surface area contributed by atoms with Gasteiger partial charge in [0.15, 0.2) is 0 Å². The summed E-state index contributed by atoms with van der Waals surface area (Å²) >= 11 is 6.81. The first-order valence-electron chi connectivity index (χ1n) is 4.94. The molecule has 1 rings (SSSR count). The predicted octanol–water partition coefficient (Wildman–Crippen LogP) is 3.79. The highest BCUT2D eigenvalue weighted by atomic mass is 79.9. The Bertz CT molecular complexity index is 336. The van der Waals surface area contributed by atoms with E-state index >= 15 is 0 Å². The van der Waals surface area contributed by atoms with Crippen molar-refractivity contribution in [3.63, 3.8) is 0 Å². The fourth-order valence-corrected chi connectivity index (χ4v) is 2.06. The summed E-state index contributed by atoms with van der Waals surface area (Å²) in [6.07, 6.45) is 1.20. The Kier molecular flexibility index (Phi) is 7.85. The Morgan fingerprint density at radius 1 is 1.31 bits per heavy atom. The number of halogens is 3. The summed E-state index contributed by atoms with van der Waals surface area (Å²) in [5, 5.41) is 9.78. The van der Waals surface area contributed by atoms with Crippen molar-refractivity contribution in [3.05, 3.63) is 32.7 Å². The maximum Gasteiger partial charge on any atom is 0.0732 e. The first-order chi connectivity index (χ1) is 7.06. The summed E-state index contributed by atoms with van der Waals surface area (Å²) in [5.41, 5.74) is 6.91. The molecule has 0 aliphatic carbocycles. The van der Waals surface area contributed by atoms with Gasteiger partial charge in [-0.05, 0) is 56.0 Å². The molecule has 3 N–H and O–H groups in total. The van der Waals surface area contributed by atoms with Crippen LogP contribution in [-0.2, 0) is 0 Å². The molecule has 1 aromatic carbocycles. The second-order valence-electron chi connectivity index (χ2n) is 3.56. The van der Waals surface area contributed by atoms with Crippen molar-refractivity contribution < 1.29 is 5.11 Å². The first kappa shape index (κ1) is 16.4.